The number of thiophene rings is 1. The van der Waals surface area contributed by atoms with Crippen molar-refractivity contribution in [3.8, 4) is 0 Å². The number of urea groups is 1. The summed E-state index contributed by atoms with van der Waals surface area (Å²) in [5.41, 5.74) is 2.41. The molecule has 1 aliphatic rings. The fourth-order valence-corrected chi connectivity index (χ4v) is 4.03. The predicted octanol–water partition coefficient (Wildman–Crippen LogP) is 2.71. The van der Waals surface area contributed by atoms with Gasteiger partial charge in [-0.25, -0.2) is 4.79 Å². The van der Waals surface area contributed by atoms with Crippen molar-refractivity contribution in [3.05, 3.63) is 70.4 Å². The molecule has 130 valence electrons. The Labute approximate surface area is 151 Å². The minimum absolute atomic E-state index is 0.0400. The van der Waals surface area contributed by atoms with Crippen LogP contribution in [-0.4, -0.2) is 36.5 Å². The van der Waals surface area contributed by atoms with Gasteiger partial charge in [-0.05, 0) is 29.0 Å². The van der Waals surface area contributed by atoms with E-state index >= 15 is 0 Å². The molecule has 0 unspecified atom stereocenters. The summed E-state index contributed by atoms with van der Waals surface area (Å²) in [6.07, 6.45) is 2.49. The van der Waals surface area contributed by atoms with Crippen LogP contribution in [0.4, 0.5) is 4.79 Å². The predicted molar refractivity (Wildman–Crippen MR) is 99.6 cm³/mol. The zero-order chi connectivity index (χ0) is 17.6. The summed E-state index contributed by atoms with van der Waals surface area (Å²) < 4.78 is 0. The van der Waals surface area contributed by atoms with Gasteiger partial charge in [0.25, 0.3) is 0 Å². The first-order valence-corrected chi connectivity index (χ1v) is 9.11. The summed E-state index contributed by atoms with van der Waals surface area (Å²) in [5, 5.41) is 7.03. The van der Waals surface area contributed by atoms with Gasteiger partial charge in [-0.2, -0.15) is 0 Å². The Bertz CT molecular complexity index is 757. The van der Waals surface area contributed by atoms with Gasteiger partial charge in [-0.1, -0.05) is 36.4 Å². The standard InChI is InChI=1S/C19H21N3O2S/c1-2-10-20-19(24)21-17(23)13-22-11-8-16-15(9-12-25-16)18(22)14-6-4-3-5-7-14/h2-7,9,12,18H,1,8,10-11,13H2,(H2,20,21,23,24)/t18-/m0/s1. The molecule has 2 N–H and O–H groups in total. The van der Waals surface area contributed by atoms with Gasteiger partial charge in [0.1, 0.15) is 0 Å². The molecule has 0 saturated heterocycles. The van der Waals surface area contributed by atoms with Crippen molar-refractivity contribution in [2.45, 2.75) is 12.5 Å². The fourth-order valence-electron chi connectivity index (χ4n) is 3.12. The smallest absolute Gasteiger partial charge is 0.321 e. The normalized spacial score (nSPS) is 16.7. The van der Waals surface area contributed by atoms with Crippen LogP contribution < -0.4 is 10.6 Å². The molecule has 2 heterocycles. The molecule has 0 spiro atoms. The van der Waals surface area contributed by atoms with Crippen LogP contribution in [0.2, 0.25) is 0 Å². The van der Waals surface area contributed by atoms with Crippen LogP contribution in [0, 0.1) is 0 Å². The molecule has 1 atom stereocenters. The summed E-state index contributed by atoms with van der Waals surface area (Å²) in [5.74, 6) is -0.304. The Morgan fingerprint density at radius 3 is 2.84 bits per heavy atom. The van der Waals surface area contributed by atoms with E-state index in [0.717, 1.165) is 18.5 Å². The molecule has 1 aliphatic heterocycles. The topological polar surface area (TPSA) is 61.4 Å². The van der Waals surface area contributed by atoms with E-state index in [2.05, 4.69) is 45.7 Å². The van der Waals surface area contributed by atoms with E-state index in [0.29, 0.717) is 6.54 Å². The van der Waals surface area contributed by atoms with Crippen LogP contribution in [-0.2, 0) is 11.2 Å². The van der Waals surface area contributed by atoms with E-state index in [1.807, 2.05) is 18.2 Å². The summed E-state index contributed by atoms with van der Waals surface area (Å²) in [4.78, 5) is 27.4. The Morgan fingerprint density at radius 1 is 1.28 bits per heavy atom. The molecular formula is C19H21N3O2S. The molecule has 5 nitrogen and oxygen atoms in total. The minimum atomic E-state index is -0.491. The molecule has 3 rings (SSSR count). The maximum atomic E-state index is 12.3. The van der Waals surface area contributed by atoms with Crippen molar-refractivity contribution < 1.29 is 9.59 Å². The third kappa shape index (κ3) is 4.15. The first kappa shape index (κ1) is 17.4. The number of fused-ring (bicyclic) bond motifs is 1. The third-order valence-corrected chi connectivity index (χ3v) is 5.18. The highest BCUT2D eigenvalue weighted by atomic mass is 32.1. The molecule has 25 heavy (non-hydrogen) atoms. The number of imide groups is 1. The Balaban J connectivity index is 1.75. The van der Waals surface area contributed by atoms with Gasteiger partial charge in [-0.15, -0.1) is 17.9 Å². The molecular weight excluding hydrogens is 334 g/mol. The van der Waals surface area contributed by atoms with Gasteiger partial charge >= 0.3 is 6.03 Å². The van der Waals surface area contributed by atoms with Crippen LogP contribution in [0.1, 0.15) is 22.0 Å². The second-order valence-electron chi connectivity index (χ2n) is 5.88. The van der Waals surface area contributed by atoms with Crippen molar-refractivity contribution in [1.29, 1.82) is 0 Å². The average molecular weight is 355 g/mol. The highest BCUT2D eigenvalue weighted by Crippen LogP contribution is 2.37. The zero-order valence-corrected chi connectivity index (χ0v) is 14.7. The summed E-state index contributed by atoms with van der Waals surface area (Å²) >= 11 is 1.76. The lowest BCUT2D eigenvalue weighted by atomic mass is 9.93. The molecule has 3 amide bonds. The number of benzene rings is 1. The summed E-state index contributed by atoms with van der Waals surface area (Å²) in [6, 6.07) is 11.9. The van der Waals surface area contributed by atoms with Gasteiger partial charge in [0.15, 0.2) is 0 Å². The molecule has 0 radical (unpaired) electrons. The molecule has 2 aromatic rings. The number of amides is 3. The Kier molecular flexibility index (Phi) is 5.63. The minimum Gasteiger partial charge on any atom is -0.334 e. The lowest BCUT2D eigenvalue weighted by molar-refractivity contribution is -0.121. The molecule has 1 aromatic carbocycles. The monoisotopic (exact) mass is 355 g/mol. The van der Waals surface area contributed by atoms with E-state index in [4.69, 9.17) is 0 Å². The molecule has 0 bridgehead atoms. The highest BCUT2D eigenvalue weighted by Gasteiger charge is 2.30. The van der Waals surface area contributed by atoms with Crippen molar-refractivity contribution in [2.24, 2.45) is 0 Å². The van der Waals surface area contributed by atoms with Crippen LogP contribution in [0.15, 0.2) is 54.4 Å². The summed E-state index contributed by atoms with van der Waals surface area (Å²) in [6.45, 7) is 4.82. The Morgan fingerprint density at radius 2 is 2.08 bits per heavy atom. The first-order valence-electron chi connectivity index (χ1n) is 8.23. The van der Waals surface area contributed by atoms with E-state index < -0.39 is 6.03 Å². The maximum absolute atomic E-state index is 12.3. The number of hydrogen-bond donors (Lipinski definition) is 2. The Hall–Kier alpha value is -2.44. The lowest BCUT2D eigenvalue weighted by Gasteiger charge is -2.35. The highest BCUT2D eigenvalue weighted by molar-refractivity contribution is 7.10. The molecule has 6 heteroatoms. The van der Waals surface area contributed by atoms with E-state index in [9.17, 15) is 9.59 Å². The number of nitrogens with one attached hydrogen (secondary N) is 2. The average Bonchev–Trinajstić information content (AvgIpc) is 3.09. The lowest BCUT2D eigenvalue weighted by Crippen LogP contribution is -2.46. The number of hydrogen-bond acceptors (Lipinski definition) is 4. The maximum Gasteiger partial charge on any atom is 0.321 e. The van der Waals surface area contributed by atoms with E-state index in [-0.39, 0.29) is 18.5 Å². The number of carbonyl (C=O) groups is 2. The van der Waals surface area contributed by atoms with Crippen molar-refractivity contribution in [2.75, 3.05) is 19.6 Å². The van der Waals surface area contributed by atoms with Crippen molar-refractivity contribution in [1.82, 2.24) is 15.5 Å². The van der Waals surface area contributed by atoms with E-state index in [1.165, 1.54) is 10.4 Å². The largest absolute Gasteiger partial charge is 0.334 e. The van der Waals surface area contributed by atoms with Crippen LogP contribution in [0.3, 0.4) is 0 Å². The zero-order valence-electron chi connectivity index (χ0n) is 13.9. The molecule has 0 aliphatic carbocycles. The second-order valence-corrected chi connectivity index (χ2v) is 6.88. The van der Waals surface area contributed by atoms with Crippen LogP contribution in [0.5, 0.6) is 0 Å². The molecule has 1 aromatic heterocycles. The van der Waals surface area contributed by atoms with Gasteiger partial charge in [0.2, 0.25) is 5.91 Å². The van der Waals surface area contributed by atoms with Gasteiger partial charge in [-0.3, -0.25) is 15.0 Å². The van der Waals surface area contributed by atoms with Gasteiger partial charge in [0, 0.05) is 18.0 Å². The van der Waals surface area contributed by atoms with Gasteiger partial charge < -0.3 is 5.32 Å². The van der Waals surface area contributed by atoms with Crippen molar-refractivity contribution >= 4 is 23.3 Å². The second kappa shape index (κ2) is 8.09. The quantitative estimate of drug-likeness (QED) is 0.811. The summed E-state index contributed by atoms with van der Waals surface area (Å²) in [7, 11) is 0. The number of carbonyl (C=O) groups excluding carboxylic acids is 2. The molecule has 0 saturated carbocycles. The number of rotatable bonds is 5. The SMILES string of the molecule is C=CCNC(=O)NC(=O)CN1CCc2sccc2[C@@H]1c1ccccc1. The van der Waals surface area contributed by atoms with Gasteiger partial charge in [0.05, 0.1) is 12.6 Å². The van der Waals surface area contributed by atoms with Crippen LogP contribution in [0.25, 0.3) is 0 Å². The first-order chi connectivity index (χ1) is 12.2. The fraction of sp³-hybridized carbons (Fsp3) is 0.263. The van der Waals surface area contributed by atoms with E-state index in [1.54, 1.807) is 17.4 Å². The molecule has 0 fully saturated rings. The third-order valence-electron chi connectivity index (χ3n) is 4.19. The van der Waals surface area contributed by atoms with Crippen LogP contribution >= 0.6 is 11.3 Å². The number of nitrogens with zero attached hydrogens (tertiary/aromatic N) is 1. The van der Waals surface area contributed by atoms with Crippen molar-refractivity contribution in [3.63, 3.8) is 0 Å².